The molecule has 2 aromatic carbocycles. The third-order valence-electron chi connectivity index (χ3n) is 7.82. The largest absolute Gasteiger partial charge is 0.494 e. The molecule has 0 spiro atoms. The highest BCUT2D eigenvalue weighted by Gasteiger charge is 2.22. The van der Waals surface area contributed by atoms with E-state index in [2.05, 4.69) is 69.8 Å². The van der Waals surface area contributed by atoms with E-state index in [0.29, 0.717) is 23.1 Å². The highest BCUT2D eigenvalue weighted by Crippen LogP contribution is 2.40. The Bertz CT molecular complexity index is 1620. The first-order valence-electron chi connectivity index (χ1n) is 14.5. The van der Waals surface area contributed by atoms with Crippen molar-refractivity contribution in [2.75, 3.05) is 56.9 Å². The van der Waals surface area contributed by atoms with Crippen LogP contribution < -0.4 is 20.3 Å². The molecule has 9 heteroatoms. The monoisotopic (exact) mass is 567 g/mol. The average Bonchev–Trinajstić information content (AvgIpc) is 3.36. The average molecular weight is 568 g/mol. The molecule has 4 aromatic rings. The Morgan fingerprint density at radius 1 is 1.19 bits per heavy atom. The summed E-state index contributed by atoms with van der Waals surface area (Å²) < 4.78 is 8.17. The quantitative estimate of drug-likeness (QED) is 0.214. The summed E-state index contributed by atoms with van der Waals surface area (Å²) >= 11 is 0. The molecule has 0 aliphatic carbocycles. The van der Waals surface area contributed by atoms with Gasteiger partial charge in [-0.3, -0.25) is 4.79 Å². The lowest BCUT2D eigenvalue weighted by Crippen LogP contribution is -2.29. The van der Waals surface area contributed by atoms with Gasteiger partial charge in [-0.05, 0) is 56.1 Å². The zero-order chi connectivity index (χ0) is 30.0. The predicted octanol–water partition coefficient (Wildman–Crippen LogP) is 6.04. The van der Waals surface area contributed by atoms with Crippen LogP contribution in [-0.4, -0.2) is 66.7 Å². The second-order valence-electron chi connectivity index (χ2n) is 11.4. The Hall–Kier alpha value is -4.37. The number of benzene rings is 2. The molecule has 0 atom stereocenters. The number of carbonyl (C=O) groups is 1. The predicted molar refractivity (Wildman–Crippen MR) is 172 cm³/mol. The summed E-state index contributed by atoms with van der Waals surface area (Å²) in [5, 5.41) is 7.56. The van der Waals surface area contributed by atoms with Crippen LogP contribution >= 0.6 is 0 Å². The Morgan fingerprint density at radius 3 is 2.71 bits per heavy atom. The van der Waals surface area contributed by atoms with Gasteiger partial charge in [-0.1, -0.05) is 38.6 Å². The van der Waals surface area contributed by atoms with Gasteiger partial charge in [-0.25, -0.2) is 9.97 Å². The maximum Gasteiger partial charge on any atom is 0.247 e. The summed E-state index contributed by atoms with van der Waals surface area (Å²) in [5.41, 5.74) is 7.94. The molecule has 2 aromatic heterocycles. The molecule has 42 heavy (non-hydrogen) atoms. The van der Waals surface area contributed by atoms with E-state index >= 15 is 0 Å². The molecule has 0 bridgehead atoms. The number of rotatable bonds is 11. The second kappa shape index (κ2) is 12.2. The number of nitrogens with zero attached hydrogens (tertiary/aromatic N) is 5. The number of anilines is 4. The van der Waals surface area contributed by atoms with E-state index in [1.807, 2.05) is 39.5 Å². The summed E-state index contributed by atoms with van der Waals surface area (Å²) in [5.74, 6) is 1.02. The molecule has 3 heterocycles. The Balaban J connectivity index is 1.57. The van der Waals surface area contributed by atoms with Crippen molar-refractivity contribution < 1.29 is 9.53 Å². The number of ether oxygens (including phenoxy) is 1. The normalized spacial score (nSPS) is 12.6. The fourth-order valence-corrected chi connectivity index (χ4v) is 5.56. The van der Waals surface area contributed by atoms with Crippen molar-refractivity contribution in [2.24, 2.45) is 0 Å². The minimum Gasteiger partial charge on any atom is -0.494 e. The highest BCUT2D eigenvalue weighted by atomic mass is 16.5. The first-order valence-corrected chi connectivity index (χ1v) is 14.5. The zero-order valence-electron chi connectivity index (χ0n) is 25.5. The Morgan fingerprint density at radius 2 is 2.00 bits per heavy atom. The standard InChI is InChI=1S/C33H41N7O2/c1-8-30(41)35-26-17-27(29(42-7)18-28(26)39(6)16-15-38(4)5)36-33-34-19-24(21(2)3)31(37-33)25-20-40-14-10-12-22-11-9-13-23(25)32(22)40/h8-9,11,13,17-21H,1,10,12,14-16H2,2-7H3,(H,35,41)(H,34,36,37). The minimum absolute atomic E-state index is 0.244. The molecule has 0 saturated heterocycles. The molecule has 0 radical (unpaired) electrons. The summed E-state index contributed by atoms with van der Waals surface area (Å²) in [4.78, 5) is 26.4. The van der Waals surface area contributed by atoms with Crippen LogP contribution in [0.5, 0.6) is 5.75 Å². The molecular weight excluding hydrogens is 526 g/mol. The van der Waals surface area contributed by atoms with Gasteiger partial charge in [-0.15, -0.1) is 0 Å². The van der Waals surface area contributed by atoms with Crippen molar-refractivity contribution in [1.82, 2.24) is 19.4 Å². The molecule has 0 fully saturated rings. The van der Waals surface area contributed by atoms with Crippen LogP contribution in [0.15, 0.2) is 55.4 Å². The molecule has 1 amide bonds. The lowest BCUT2D eigenvalue weighted by molar-refractivity contribution is -0.111. The van der Waals surface area contributed by atoms with E-state index in [9.17, 15) is 4.79 Å². The van der Waals surface area contributed by atoms with Crippen molar-refractivity contribution >= 4 is 39.8 Å². The van der Waals surface area contributed by atoms with Crippen LogP contribution in [-0.2, 0) is 17.8 Å². The lowest BCUT2D eigenvalue weighted by Gasteiger charge is -2.26. The van der Waals surface area contributed by atoms with Gasteiger partial charge in [0.1, 0.15) is 5.75 Å². The van der Waals surface area contributed by atoms with Crippen LogP contribution in [0.1, 0.15) is 37.3 Å². The summed E-state index contributed by atoms with van der Waals surface area (Å²) in [7, 11) is 7.69. The van der Waals surface area contributed by atoms with E-state index < -0.39 is 0 Å². The van der Waals surface area contributed by atoms with Gasteiger partial charge in [0.05, 0.1) is 35.4 Å². The zero-order valence-corrected chi connectivity index (χ0v) is 25.5. The van der Waals surface area contributed by atoms with E-state index in [4.69, 9.17) is 14.7 Å². The van der Waals surface area contributed by atoms with Crippen LogP contribution in [0.25, 0.3) is 22.2 Å². The number of carbonyl (C=O) groups excluding carboxylic acids is 1. The summed E-state index contributed by atoms with van der Waals surface area (Å²) in [6, 6.07) is 10.4. The molecule has 2 N–H and O–H groups in total. The van der Waals surface area contributed by atoms with Gasteiger partial charge in [0.2, 0.25) is 11.9 Å². The number of hydrogen-bond acceptors (Lipinski definition) is 7. The van der Waals surface area contributed by atoms with Crippen molar-refractivity contribution in [3.63, 3.8) is 0 Å². The third kappa shape index (κ3) is 5.83. The van der Waals surface area contributed by atoms with Gasteiger partial charge < -0.3 is 29.7 Å². The van der Waals surface area contributed by atoms with Gasteiger partial charge in [0.15, 0.2) is 0 Å². The van der Waals surface area contributed by atoms with Crippen LogP contribution in [0.3, 0.4) is 0 Å². The molecule has 5 rings (SSSR count). The molecular formula is C33H41N7O2. The third-order valence-corrected chi connectivity index (χ3v) is 7.82. The first kappa shape index (κ1) is 29.1. The molecule has 0 saturated carbocycles. The summed E-state index contributed by atoms with van der Waals surface area (Å²) in [6.45, 7) is 10.6. The number of amides is 1. The van der Waals surface area contributed by atoms with Gasteiger partial charge >= 0.3 is 0 Å². The number of aromatic nitrogens is 3. The number of likely N-dealkylation sites (N-methyl/N-ethyl adjacent to an activating group) is 2. The topological polar surface area (TPSA) is 87.5 Å². The fourth-order valence-electron chi connectivity index (χ4n) is 5.56. The van der Waals surface area contributed by atoms with Crippen LogP contribution in [0, 0.1) is 0 Å². The Kier molecular flexibility index (Phi) is 8.49. The fraction of sp³-hybridized carbons (Fsp3) is 0.364. The SMILES string of the molecule is C=CC(=O)Nc1cc(Nc2ncc(C(C)C)c(-c3cn4c5c(cccc35)CCC4)n2)c(OC)cc1N(C)CCN(C)C. The summed E-state index contributed by atoms with van der Waals surface area (Å²) in [6.07, 6.45) is 7.66. The molecule has 1 aliphatic heterocycles. The smallest absolute Gasteiger partial charge is 0.247 e. The minimum atomic E-state index is -0.290. The Labute approximate surface area is 248 Å². The van der Waals surface area contributed by atoms with E-state index in [1.165, 1.54) is 22.5 Å². The van der Waals surface area contributed by atoms with Crippen molar-refractivity contribution in [3.05, 3.63) is 66.5 Å². The highest BCUT2D eigenvalue weighted by molar-refractivity contribution is 6.02. The van der Waals surface area contributed by atoms with Crippen molar-refractivity contribution in [1.29, 1.82) is 0 Å². The van der Waals surface area contributed by atoms with Gasteiger partial charge in [0.25, 0.3) is 0 Å². The number of nitrogens with one attached hydrogen (secondary N) is 2. The number of para-hydroxylation sites is 1. The lowest BCUT2D eigenvalue weighted by atomic mass is 9.97. The maximum atomic E-state index is 12.4. The number of aryl methyl sites for hydroxylation is 2. The van der Waals surface area contributed by atoms with Gasteiger partial charge in [-0.2, -0.15) is 0 Å². The van der Waals surface area contributed by atoms with Crippen molar-refractivity contribution in [3.8, 4) is 17.0 Å². The first-order chi connectivity index (χ1) is 20.2. The maximum absolute atomic E-state index is 12.4. The molecule has 0 unspecified atom stereocenters. The van der Waals surface area contributed by atoms with Crippen LogP contribution in [0.4, 0.5) is 23.0 Å². The second-order valence-corrected chi connectivity index (χ2v) is 11.4. The molecule has 9 nitrogen and oxygen atoms in total. The molecule has 220 valence electrons. The number of methoxy groups -OCH3 is 1. The van der Waals surface area contributed by atoms with Crippen molar-refractivity contribution in [2.45, 2.75) is 39.2 Å². The molecule has 1 aliphatic rings. The number of hydrogen-bond donors (Lipinski definition) is 2. The van der Waals surface area contributed by atoms with Gasteiger partial charge in [0, 0.05) is 56.1 Å². The van der Waals surface area contributed by atoms with Crippen LogP contribution in [0.2, 0.25) is 0 Å². The van der Waals surface area contributed by atoms with E-state index in [-0.39, 0.29) is 11.8 Å². The van der Waals surface area contributed by atoms with E-state index in [1.54, 1.807) is 7.11 Å². The van der Waals surface area contributed by atoms with E-state index in [0.717, 1.165) is 55.0 Å².